The minimum atomic E-state index is -0.466. The van der Waals surface area contributed by atoms with Crippen molar-refractivity contribution < 1.29 is 14.4 Å². The van der Waals surface area contributed by atoms with E-state index in [-0.39, 0.29) is 23.1 Å². The predicted molar refractivity (Wildman–Crippen MR) is 157 cm³/mol. The summed E-state index contributed by atoms with van der Waals surface area (Å²) >= 11 is 1.40. The number of aromatic amines is 1. The third-order valence-electron chi connectivity index (χ3n) is 6.01. The van der Waals surface area contributed by atoms with Crippen LogP contribution in [0.4, 0.5) is 5.69 Å². The Balaban J connectivity index is 1.35. The molecule has 0 aliphatic rings. The number of hydrogen-bond acceptors (Lipinski definition) is 4. The highest BCUT2D eigenvalue weighted by atomic mass is 32.2. The van der Waals surface area contributed by atoms with E-state index in [1.807, 2.05) is 66.7 Å². The van der Waals surface area contributed by atoms with E-state index >= 15 is 0 Å². The van der Waals surface area contributed by atoms with Gasteiger partial charge in [-0.25, -0.2) is 0 Å². The first-order valence-electron chi connectivity index (χ1n) is 12.3. The van der Waals surface area contributed by atoms with Gasteiger partial charge in [0.1, 0.15) is 5.70 Å². The summed E-state index contributed by atoms with van der Waals surface area (Å²) in [5.41, 5.74) is 3.45. The molecular weight excluding hydrogens is 506 g/mol. The van der Waals surface area contributed by atoms with E-state index in [0.717, 1.165) is 21.4 Å². The summed E-state index contributed by atoms with van der Waals surface area (Å²) in [6, 6.07) is 32.9. The molecule has 0 unspecified atom stereocenters. The van der Waals surface area contributed by atoms with Gasteiger partial charge in [-0.3, -0.25) is 14.4 Å². The van der Waals surface area contributed by atoms with Crippen LogP contribution in [0.2, 0.25) is 0 Å². The van der Waals surface area contributed by atoms with Gasteiger partial charge < -0.3 is 15.6 Å². The Morgan fingerprint density at radius 2 is 1.46 bits per heavy atom. The fourth-order valence-electron chi connectivity index (χ4n) is 4.03. The first-order chi connectivity index (χ1) is 19.1. The first-order valence-corrected chi connectivity index (χ1v) is 13.3. The summed E-state index contributed by atoms with van der Waals surface area (Å²) < 4.78 is 0. The van der Waals surface area contributed by atoms with Crippen LogP contribution in [-0.4, -0.2) is 28.3 Å². The van der Waals surface area contributed by atoms with Gasteiger partial charge in [-0.05, 0) is 42.5 Å². The highest BCUT2D eigenvalue weighted by Gasteiger charge is 2.16. The molecule has 7 heteroatoms. The minimum Gasteiger partial charge on any atom is -0.361 e. The standard InChI is InChI=1S/C32H25N3O3S/c36-30(22-10-3-1-4-11-22)21-39-26-15-9-14-25(19-26)34-32(38)29(35-31(37)23-12-5-2-6-13-23)18-24-20-33-28-17-8-7-16-27(24)28/h1-20,33H,21H2,(H,34,38)(H,35,37)/b29-18-. The second-order valence-electron chi connectivity index (χ2n) is 8.73. The molecule has 0 spiro atoms. The molecule has 3 N–H and O–H groups in total. The summed E-state index contributed by atoms with van der Waals surface area (Å²) in [6.45, 7) is 0. The number of amides is 2. The number of para-hydroxylation sites is 1. The predicted octanol–water partition coefficient (Wildman–Crippen LogP) is 6.55. The molecule has 192 valence electrons. The van der Waals surface area contributed by atoms with Gasteiger partial charge in [0.25, 0.3) is 11.8 Å². The van der Waals surface area contributed by atoms with Crippen LogP contribution in [0.25, 0.3) is 17.0 Å². The number of ketones is 1. The average molecular weight is 532 g/mol. The van der Waals surface area contributed by atoms with Crippen molar-refractivity contribution in [1.82, 2.24) is 10.3 Å². The number of Topliss-reactive ketones (excluding diaryl/α,β-unsaturated/α-hetero) is 1. The molecule has 5 rings (SSSR count). The molecular formula is C32H25N3O3S. The highest BCUT2D eigenvalue weighted by molar-refractivity contribution is 8.00. The molecule has 2 amide bonds. The zero-order chi connectivity index (χ0) is 27.0. The Bertz CT molecular complexity index is 1660. The van der Waals surface area contributed by atoms with Gasteiger partial charge in [0.2, 0.25) is 0 Å². The van der Waals surface area contributed by atoms with Crippen molar-refractivity contribution in [1.29, 1.82) is 0 Å². The number of anilines is 1. The Labute approximate surface area is 230 Å². The molecule has 0 radical (unpaired) electrons. The Hall–Kier alpha value is -4.88. The summed E-state index contributed by atoms with van der Waals surface area (Å²) in [5.74, 6) is -0.546. The zero-order valence-electron chi connectivity index (χ0n) is 20.9. The van der Waals surface area contributed by atoms with Gasteiger partial charge in [0, 0.05) is 44.4 Å². The van der Waals surface area contributed by atoms with Crippen molar-refractivity contribution in [2.24, 2.45) is 0 Å². The van der Waals surface area contributed by atoms with E-state index in [2.05, 4.69) is 15.6 Å². The summed E-state index contributed by atoms with van der Waals surface area (Å²) in [7, 11) is 0. The van der Waals surface area contributed by atoms with Gasteiger partial charge in [0.05, 0.1) is 5.75 Å². The van der Waals surface area contributed by atoms with Crippen LogP contribution in [0.5, 0.6) is 0 Å². The van der Waals surface area contributed by atoms with E-state index in [9.17, 15) is 14.4 Å². The van der Waals surface area contributed by atoms with Crippen molar-refractivity contribution in [3.05, 3.63) is 138 Å². The number of carbonyl (C=O) groups is 3. The van der Waals surface area contributed by atoms with Crippen molar-refractivity contribution in [2.45, 2.75) is 4.90 Å². The number of H-pyrrole nitrogens is 1. The normalized spacial score (nSPS) is 11.2. The van der Waals surface area contributed by atoms with Crippen LogP contribution in [0.3, 0.4) is 0 Å². The maximum absolute atomic E-state index is 13.4. The molecule has 0 fully saturated rings. The fourth-order valence-corrected chi connectivity index (χ4v) is 4.88. The molecule has 0 aliphatic carbocycles. The number of thioether (sulfide) groups is 1. The Morgan fingerprint density at radius 3 is 2.23 bits per heavy atom. The lowest BCUT2D eigenvalue weighted by molar-refractivity contribution is -0.113. The summed E-state index contributed by atoms with van der Waals surface area (Å²) in [5, 5.41) is 6.59. The maximum Gasteiger partial charge on any atom is 0.272 e. The van der Waals surface area contributed by atoms with Crippen LogP contribution in [0.15, 0.2) is 126 Å². The van der Waals surface area contributed by atoms with Crippen LogP contribution < -0.4 is 10.6 Å². The number of nitrogens with one attached hydrogen (secondary N) is 3. The lowest BCUT2D eigenvalue weighted by atomic mass is 10.1. The van der Waals surface area contributed by atoms with E-state index < -0.39 is 5.91 Å². The maximum atomic E-state index is 13.4. The molecule has 4 aromatic carbocycles. The number of fused-ring (bicyclic) bond motifs is 1. The average Bonchev–Trinajstić information content (AvgIpc) is 3.39. The monoisotopic (exact) mass is 531 g/mol. The fraction of sp³-hybridized carbons (Fsp3) is 0.0312. The highest BCUT2D eigenvalue weighted by Crippen LogP contribution is 2.24. The van der Waals surface area contributed by atoms with Crippen LogP contribution in [0, 0.1) is 0 Å². The third kappa shape index (κ3) is 6.52. The molecule has 0 bridgehead atoms. The number of hydrogen-bond donors (Lipinski definition) is 3. The van der Waals surface area contributed by atoms with E-state index in [4.69, 9.17) is 0 Å². The number of aromatic nitrogens is 1. The molecule has 0 saturated heterocycles. The molecule has 0 aliphatic heterocycles. The van der Waals surface area contributed by atoms with Gasteiger partial charge in [-0.15, -0.1) is 11.8 Å². The summed E-state index contributed by atoms with van der Waals surface area (Å²) in [6.07, 6.45) is 3.46. The lowest BCUT2D eigenvalue weighted by Gasteiger charge is -2.12. The van der Waals surface area contributed by atoms with E-state index in [0.29, 0.717) is 16.8 Å². The van der Waals surface area contributed by atoms with E-state index in [1.165, 1.54) is 11.8 Å². The van der Waals surface area contributed by atoms with Gasteiger partial charge in [0.15, 0.2) is 5.78 Å². The van der Waals surface area contributed by atoms with Crippen LogP contribution >= 0.6 is 11.8 Å². The quantitative estimate of drug-likeness (QED) is 0.114. The van der Waals surface area contributed by atoms with Gasteiger partial charge in [-0.2, -0.15) is 0 Å². The SMILES string of the molecule is O=C(Nc1cccc(SCC(=O)c2ccccc2)c1)/C(=C/c1c[nH]c2ccccc12)NC(=O)c1ccccc1. The minimum absolute atomic E-state index is 0.0302. The number of carbonyl (C=O) groups excluding carboxylic acids is 3. The molecule has 0 atom stereocenters. The van der Waals surface area contributed by atoms with Crippen LogP contribution in [0.1, 0.15) is 26.3 Å². The van der Waals surface area contributed by atoms with Crippen molar-refractivity contribution in [3.63, 3.8) is 0 Å². The van der Waals surface area contributed by atoms with Crippen molar-refractivity contribution in [3.8, 4) is 0 Å². The second-order valence-corrected chi connectivity index (χ2v) is 9.78. The largest absolute Gasteiger partial charge is 0.361 e. The zero-order valence-corrected chi connectivity index (χ0v) is 21.7. The number of benzene rings is 4. The van der Waals surface area contributed by atoms with Crippen LogP contribution in [-0.2, 0) is 4.79 Å². The second kappa shape index (κ2) is 12.1. The Morgan fingerprint density at radius 1 is 0.769 bits per heavy atom. The van der Waals surface area contributed by atoms with Crippen molar-refractivity contribution in [2.75, 3.05) is 11.1 Å². The molecule has 39 heavy (non-hydrogen) atoms. The molecule has 6 nitrogen and oxygen atoms in total. The number of rotatable bonds is 9. The molecule has 1 aromatic heterocycles. The summed E-state index contributed by atoms with van der Waals surface area (Å²) in [4.78, 5) is 42.9. The molecule has 0 saturated carbocycles. The van der Waals surface area contributed by atoms with Gasteiger partial charge in [-0.1, -0.05) is 72.8 Å². The molecule has 5 aromatic rings. The van der Waals surface area contributed by atoms with E-state index in [1.54, 1.807) is 54.7 Å². The smallest absolute Gasteiger partial charge is 0.272 e. The lowest BCUT2D eigenvalue weighted by Crippen LogP contribution is -2.30. The topological polar surface area (TPSA) is 91.1 Å². The first kappa shape index (κ1) is 25.8. The molecule has 1 heterocycles. The third-order valence-corrected chi connectivity index (χ3v) is 7.00. The Kier molecular flexibility index (Phi) is 8.00. The van der Waals surface area contributed by atoms with Gasteiger partial charge >= 0.3 is 0 Å². The van der Waals surface area contributed by atoms with Crippen molar-refractivity contribution >= 4 is 52.0 Å².